The zero-order chi connectivity index (χ0) is 15.0. The van der Waals surface area contributed by atoms with Crippen molar-refractivity contribution in [2.24, 2.45) is 5.73 Å². The molecule has 5 heteroatoms. The molecule has 1 aromatic carbocycles. The molecule has 2 atom stereocenters. The van der Waals surface area contributed by atoms with Crippen LogP contribution in [0.5, 0.6) is 0 Å². The van der Waals surface area contributed by atoms with E-state index in [4.69, 9.17) is 5.73 Å². The first-order valence-electron chi connectivity index (χ1n) is 7.04. The van der Waals surface area contributed by atoms with Gasteiger partial charge in [0.2, 0.25) is 5.91 Å². The molecule has 0 aliphatic heterocycles. The number of nitrogens with one attached hydrogen (secondary N) is 1. The highest BCUT2D eigenvalue weighted by molar-refractivity contribution is 7.09. The van der Waals surface area contributed by atoms with E-state index in [1.165, 1.54) is 16.9 Å². The van der Waals surface area contributed by atoms with E-state index in [1.807, 2.05) is 37.4 Å². The van der Waals surface area contributed by atoms with Crippen molar-refractivity contribution in [3.8, 4) is 0 Å². The fourth-order valence-electron chi connectivity index (χ4n) is 2.74. The topological polar surface area (TPSA) is 68.0 Å². The van der Waals surface area contributed by atoms with Crippen LogP contribution in [0.4, 0.5) is 0 Å². The number of hydrogen-bond acceptors (Lipinski definition) is 4. The largest absolute Gasteiger partial charge is 0.350 e. The first-order valence-corrected chi connectivity index (χ1v) is 7.92. The Bertz CT molecular complexity index is 651. The average molecular weight is 301 g/mol. The monoisotopic (exact) mass is 301 g/mol. The Morgan fingerprint density at radius 2 is 2.19 bits per heavy atom. The molecule has 2 aromatic rings. The summed E-state index contributed by atoms with van der Waals surface area (Å²) in [6.45, 7) is 3.80. The third kappa shape index (κ3) is 2.47. The van der Waals surface area contributed by atoms with Gasteiger partial charge in [-0.3, -0.25) is 4.79 Å². The minimum atomic E-state index is -0.636. The second-order valence-corrected chi connectivity index (χ2v) is 6.87. The van der Waals surface area contributed by atoms with E-state index in [1.54, 1.807) is 6.20 Å². The van der Waals surface area contributed by atoms with Gasteiger partial charge in [-0.25, -0.2) is 4.98 Å². The van der Waals surface area contributed by atoms with Crippen molar-refractivity contribution in [1.82, 2.24) is 10.3 Å². The Kier molecular flexibility index (Phi) is 3.55. The fourth-order valence-corrected chi connectivity index (χ4v) is 3.50. The van der Waals surface area contributed by atoms with Crippen LogP contribution in [0.2, 0.25) is 0 Å². The van der Waals surface area contributed by atoms with Gasteiger partial charge in [-0.15, -0.1) is 11.3 Å². The Hall–Kier alpha value is -1.72. The summed E-state index contributed by atoms with van der Waals surface area (Å²) in [5.74, 6) is -0.0225. The van der Waals surface area contributed by atoms with Crippen LogP contribution in [0.15, 0.2) is 35.8 Å². The summed E-state index contributed by atoms with van der Waals surface area (Å²) in [5.41, 5.74) is 8.00. The molecule has 3 rings (SSSR count). The van der Waals surface area contributed by atoms with Crippen molar-refractivity contribution in [3.63, 3.8) is 0 Å². The van der Waals surface area contributed by atoms with Crippen molar-refractivity contribution in [1.29, 1.82) is 0 Å². The molecular formula is C16H19N3OS. The minimum Gasteiger partial charge on any atom is -0.350 e. The molecule has 1 amide bonds. The lowest BCUT2D eigenvalue weighted by molar-refractivity contribution is -0.126. The average Bonchev–Trinajstić information content (AvgIpc) is 3.09. The van der Waals surface area contributed by atoms with Crippen LogP contribution >= 0.6 is 11.3 Å². The number of carbonyl (C=O) groups is 1. The maximum absolute atomic E-state index is 12.6. The number of thiazole rings is 1. The summed E-state index contributed by atoms with van der Waals surface area (Å²) >= 11 is 1.50. The Morgan fingerprint density at radius 1 is 1.43 bits per heavy atom. The smallest absolute Gasteiger partial charge is 0.232 e. The van der Waals surface area contributed by atoms with Gasteiger partial charge in [-0.05, 0) is 31.4 Å². The zero-order valence-electron chi connectivity index (χ0n) is 12.2. The molecule has 110 valence electrons. The van der Waals surface area contributed by atoms with Crippen LogP contribution in [-0.4, -0.2) is 16.9 Å². The Labute approximate surface area is 128 Å². The van der Waals surface area contributed by atoms with Gasteiger partial charge < -0.3 is 11.1 Å². The predicted octanol–water partition coefficient (Wildman–Crippen LogP) is 2.16. The maximum atomic E-state index is 12.6. The number of benzene rings is 1. The summed E-state index contributed by atoms with van der Waals surface area (Å²) in [7, 11) is 0. The second kappa shape index (κ2) is 5.24. The molecule has 3 N–H and O–H groups in total. The van der Waals surface area contributed by atoms with Crippen molar-refractivity contribution in [2.45, 2.75) is 37.8 Å². The normalized spacial score (nSPS) is 21.1. The number of rotatable bonds is 3. The van der Waals surface area contributed by atoms with Gasteiger partial charge in [0.1, 0.15) is 5.01 Å². The lowest BCUT2D eigenvalue weighted by Gasteiger charge is -2.25. The molecule has 1 aliphatic rings. The maximum Gasteiger partial charge on any atom is 0.232 e. The number of amides is 1. The highest BCUT2D eigenvalue weighted by Crippen LogP contribution is 2.31. The molecule has 4 nitrogen and oxygen atoms in total. The van der Waals surface area contributed by atoms with Crippen molar-refractivity contribution in [3.05, 3.63) is 52.0 Å². The van der Waals surface area contributed by atoms with Gasteiger partial charge in [0.05, 0.1) is 17.5 Å². The summed E-state index contributed by atoms with van der Waals surface area (Å²) in [6.07, 6.45) is 2.52. The van der Waals surface area contributed by atoms with Gasteiger partial charge in [0.25, 0.3) is 0 Å². The molecule has 0 spiro atoms. The van der Waals surface area contributed by atoms with Crippen molar-refractivity contribution < 1.29 is 4.79 Å². The number of fused-ring (bicyclic) bond motifs is 1. The molecular weight excluding hydrogens is 282 g/mol. The number of hydrogen-bond donors (Lipinski definition) is 2. The van der Waals surface area contributed by atoms with Crippen molar-refractivity contribution in [2.75, 3.05) is 0 Å². The molecule has 1 aromatic heterocycles. The van der Waals surface area contributed by atoms with Crippen LogP contribution in [-0.2, 0) is 16.6 Å². The van der Waals surface area contributed by atoms with E-state index in [-0.39, 0.29) is 18.0 Å². The minimum absolute atomic E-state index is 0.0225. The van der Waals surface area contributed by atoms with Crippen molar-refractivity contribution >= 4 is 17.2 Å². The molecule has 21 heavy (non-hydrogen) atoms. The quantitative estimate of drug-likeness (QED) is 0.913. The zero-order valence-corrected chi connectivity index (χ0v) is 13.0. The highest BCUT2D eigenvalue weighted by Gasteiger charge is 2.37. The third-order valence-corrected chi connectivity index (χ3v) is 5.24. The van der Waals surface area contributed by atoms with Crippen LogP contribution in [0.25, 0.3) is 0 Å². The number of nitrogens with zero attached hydrogens (tertiary/aromatic N) is 1. The molecule has 0 bridgehead atoms. The van der Waals surface area contributed by atoms with E-state index < -0.39 is 5.41 Å². The van der Waals surface area contributed by atoms with E-state index >= 15 is 0 Å². The predicted molar refractivity (Wildman–Crippen MR) is 84.1 cm³/mol. The van der Waals surface area contributed by atoms with Crippen LogP contribution < -0.4 is 11.1 Å². The number of nitrogens with two attached hydrogens (primary N) is 1. The van der Waals surface area contributed by atoms with Gasteiger partial charge in [0.15, 0.2) is 0 Å². The molecule has 1 aliphatic carbocycles. The van der Waals surface area contributed by atoms with Crippen LogP contribution in [0.3, 0.4) is 0 Å². The van der Waals surface area contributed by atoms with Gasteiger partial charge >= 0.3 is 0 Å². The summed E-state index contributed by atoms with van der Waals surface area (Å²) in [4.78, 5) is 16.9. The standard InChI is InChI=1S/C16H19N3OS/c1-16(2,15-18-7-8-21-15)14(20)19-12-9-10-5-3-4-6-11(10)13(12)17/h3-8,12-13H,9,17H2,1-2H3,(H,19,20)/t12-,13-/m1/s1. The van der Waals surface area contributed by atoms with E-state index in [2.05, 4.69) is 16.4 Å². The van der Waals surface area contributed by atoms with E-state index in [9.17, 15) is 4.79 Å². The third-order valence-electron chi connectivity index (χ3n) is 4.14. The summed E-state index contributed by atoms with van der Waals surface area (Å²) in [6, 6.07) is 7.93. The van der Waals surface area contributed by atoms with Gasteiger partial charge in [-0.1, -0.05) is 24.3 Å². The van der Waals surface area contributed by atoms with Crippen LogP contribution in [0, 0.1) is 0 Å². The van der Waals surface area contributed by atoms with Crippen LogP contribution in [0.1, 0.15) is 36.0 Å². The Morgan fingerprint density at radius 3 is 2.86 bits per heavy atom. The molecule has 0 unspecified atom stereocenters. The number of aromatic nitrogens is 1. The molecule has 1 heterocycles. The number of carbonyl (C=O) groups excluding carboxylic acids is 1. The molecule has 0 radical (unpaired) electrons. The summed E-state index contributed by atoms with van der Waals surface area (Å²) < 4.78 is 0. The Balaban J connectivity index is 1.75. The van der Waals surface area contributed by atoms with Gasteiger partial charge in [-0.2, -0.15) is 0 Å². The van der Waals surface area contributed by atoms with E-state index in [0.29, 0.717) is 0 Å². The second-order valence-electron chi connectivity index (χ2n) is 5.97. The lowest BCUT2D eigenvalue weighted by atomic mass is 9.92. The first kappa shape index (κ1) is 14.2. The molecule has 0 saturated heterocycles. The SMILES string of the molecule is CC(C)(C(=O)N[C@@H]1Cc2ccccc2[C@H]1N)c1nccs1. The lowest BCUT2D eigenvalue weighted by Crippen LogP contribution is -2.48. The first-order chi connectivity index (χ1) is 10.00. The fraction of sp³-hybridized carbons (Fsp3) is 0.375. The van der Waals surface area contributed by atoms with Gasteiger partial charge in [0, 0.05) is 11.6 Å². The molecule has 0 saturated carbocycles. The summed E-state index contributed by atoms with van der Waals surface area (Å²) in [5, 5.41) is 5.82. The molecule has 0 fully saturated rings. The highest BCUT2D eigenvalue weighted by atomic mass is 32.1. The van der Waals surface area contributed by atoms with E-state index in [0.717, 1.165) is 17.0 Å².